The van der Waals surface area contributed by atoms with Crippen molar-refractivity contribution < 1.29 is 9.72 Å². The molecule has 0 bridgehead atoms. The highest BCUT2D eigenvalue weighted by molar-refractivity contribution is 8.00. The van der Waals surface area contributed by atoms with Crippen LogP contribution in [0.15, 0.2) is 24.3 Å². The van der Waals surface area contributed by atoms with Crippen LogP contribution in [0.2, 0.25) is 0 Å². The Morgan fingerprint density at radius 1 is 1.38 bits per heavy atom. The molecule has 0 saturated carbocycles. The molecule has 1 aliphatic heterocycles. The maximum Gasteiger partial charge on any atom is 0.315 e. The molecule has 0 radical (unpaired) electrons. The number of benzene rings is 1. The van der Waals surface area contributed by atoms with Crippen molar-refractivity contribution in [1.82, 2.24) is 10.6 Å². The molecule has 1 heterocycles. The van der Waals surface area contributed by atoms with Gasteiger partial charge in [0.1, 0.15) is 0 Å². The summed E-state index contributed by atoms with van der Waals surface area (Å²) < 4.78 is 0.144. The highest BCUT2D eigenvalue weighted by Crippen LogP contribution is 2.36. The molecule has 114 valence electrons. The van der Waals surface area contributed by atoms with Gasteiger partial charge in [-0.1, -0.05) is 12.1 Å². The molecule has 0 aromatic heterocycles. The van der Waals surface area contributed by atoms with E-state index in [1.165, 1.54) is 18.6 Å². The Hall–Kier alpha value is -1.76. The topological polar surface area (TPSA) is 84.3 Å². The lowest BCUT2D eigenvalue weighted by atomic mass is 10.1. The smallest absolute Gasteiger partial charge is 0.315 e. The second-order valence-corrected chi connectivity index (χ2v) is 7.04. The van der Waals surface area contributed by atoms with Gasteiger partial charge in [0.25, 0.3) is 5.69 Å². The van der Waals surface area contributed by atoms with Gasteiger partial charge in [-0.15, -0.1) is 0 Å². The van der Waals surface area contributed by atoms with Crippen LogP contribution in [-0.4, -0.2) is 28.0 Å². The third-order valence-electron chi connectivity index (χ3n) is 3.52. The first-order valence-corrected chi connectivity index (χ1v) is 7.86. The molecule has 0 unspecified atom stereocenters. The average Bonchev–Trinajstić information content (AvgIpc) is 2.91. The van der Waals surface area contributed by atoms with Gasteiger partial charge in [-0.3, -0.25) is 10.1 Å². The molecule has 7 heteroatoms. The van der Waals surface area contributed by atoms with Crippen LogP contribution in [0.25, 0.3) is 0 Å². The summed E-state index contributed by atoms with van der Waals surface area (Å²) in [6, 6.07) is 5.96. The molecular formula is C14H19N3O3S. The standard InChI is InChI=1S/C14H19N3O3S/c1-14(7-2-8-21-14)10-16-13(18)15-9-11-3-5-12(6-4-11)17(19)20/h3-6H,2,7-10H2,1H3,(H2,15,16,18)/t14-/m0/s1. The predicted molar refractivity (Wildman–Crippen MR) is 83.4 cm³/mol. The lowest BCUT2D eigenvalue weighted by Gasteiger charge is -2.22. The number of urea groups is 1. The van der Waals surface area contributed by atoms with Gasteiger partial charge < -0.3 is 10.6 Å². The molecule has 0 spiro atoms. The van der Waals surface area contributed by atoms with Crippen LogP contribution in [0.3, 0.4) is 0 Å². The van der Waals surface area contributed by atoms with Gasteiger partial charge in [0, 0.05) is 30.0 Å². The van der Waals surface area contributed by atoms with Crippen molar-refractivity contribution in [2.24, 2.45) is 0 Å². The number of amides is 2. The molecule has 1 aromatic carbocycles. The number of carbonyl (C=O) groups is 1. The van der Waals surface area contributed by atoms with E-state index in [4.69, 9.17) is 0 Å². The van der Waals surface area contributed by atoms with Gasteiger partial charge in [-0.05, 0) is 31.1 Å². The summed E-state index contributed by atoms with van der Waals surface area (Å²) in [6.45, 7) is 3.18. The predicted octanol–water partition coefficient (Wildman–Crippen LogP) is 2.68. The second kappa shape index (κ2) is 6.80. The van der Waals surface area contributed by atoms with E-state index in [9.17, 15) is 14.9 Å². The minimum atomic E-state index is -0.441. The van der Waals surface area contributed by atoms with Gasteiger partial charge >= 0.3 is 6.03 Å². The van der Waals surface area contributed by atoms with E-state index in [1.54, 1.807) is 12.1 Å². The monoisotopic (exact) mass is 309 g/mol. The van der Waals surface area contributed by atoms with Gasteiger partial charge in [-0.25, -0.2) is 4.79 Å². The van der Waals surface area contributed by atoms with Gasteiger partial charge in [0.15, 0.2) is 0 Å². The van der Waals surface area contributed by atoms with Crippen LogP contribution in [0, 0.1) is 10.1 Å². The first kappa shape index (κ1) is 15.6. The van der Waals surface area contributed by atoms with Crippen LogP contribution in [0.1, 0.15) is 25.3 Å². The van der Waals surface area contributed by atoms with Gasteiger partial charge in [-0.2, -0.15) is 11.8 Å². The first-order valence-electron chi connectivity index (χ1n) is 6.87. The molecule has 6 nitrogen and oxygen atoms in total. The third kappa shape index (κ3) is 4.63. The van der Waals surface area contributed by atoms with Crippen LogP contribution in [0.5, 0.6) is 0 Å². The average molecular weight is 309 g/mol. The van der Waals surface area contributed by atoms with E-state index in [1.807, 2.05) is 11.8 Å². The summed E-state index contributed by atoms with van der Waals surface area (Å²) in [7, 11) is 0. The molecule has 0 aliphatic carbocycles. The summed E-state index contributed by atoms with van der Waals surface area (Å²) in [6.07, 6.45) is 2.33. The fraction of sp³-hybridized carbons (Fsp3) is 0.500. The Labute approximate surface area is 127 Å². The molecule has 1 saturated heterocycles. The fourth-order valence-electron chi connectivity index (χ4n) is 2.22. The van der Waals surface area contributed by atoms with Crippen molar-refractivity contribution in [3.63, 3.8) is 0 Å². The number of hydrogen-bond acceptors (Lipinski definition) is 4. The fourth-order valence-corrected chi connectivity index (χ4v) is 3.47. The lowest BCUT2D eigenvalue weighted by Crippen LogP contribution is -2.42. The van der Waals surface area contributed by atoms with E-state index in [0.29, 0.717) is 13.1 Å². The van der Waals surface area contributed by atoms with E-state index in [-0.39, 0.29) is 16.5 Å². The molecule has 21 heavy (non-hydrogen) atoms. The Morgan fingerprint density at radius 2 is 2.10 bits per heavy atom. The number of rotatable bonds is 5. The number of nitro groups is 1. The minimum Gasteiger partial charge on any atom is -0.337 e. The van der Waals surface area contributed by atoms with E-state index < -0.39 is 4.92 Å². The van der Waals surface area contributed by atoms with Crippen molar-refractivity contribution >= 4 is 23.5 Å². The zero-order chi connectivity index (χ0) is 15.3. The summed E-state index contributed by atoms with van der Waals surface area (Å²) in [4.78, 5) is 21.9. The van der Waals surface area contributed by atoms with E-state index in [0.717, 1.165) is 17.7 Å². The number of nitro benzene ring substituents is 1. The summed E-state index contributed by atoms with van der Waals surface area (Å²) in [5.74, 6) is 1.16. The number of nitrogens with zero attached hydrogens (tertiary/aromatic N) is 1. The van der Waals surface area contributed by atoms with Gasteiger partial charge in [0.2, 0.25) is 0 Å². The van der Waals surface area contributed by atoms with Crippen molar-refractivity contribution in [3.05, 3.63) is 39.9 Å². The Kier molecular flexibility index (Phi) is 5.06. The molecule has 1 aromatic rings. The molecule has 1 atom stereocenters. The zero-order valence-corrected chi connectivity index (χ0v) is 12.7. The summed E-state index contributed by atoms with van der Waals surface area (Å²) >= 11 is 1.90. The van der Waals surface area contributed by atoms with Crippen molar-refractivity contribution in [1.29, 1.82) is 0 Å². The molecule has 2 rings (SSSR count). The Morgan fingerprint density at radius 3 is 2.67 bits per heavy atom. The maximum absolute atomic E-state index is 11.8. The number of hydrogen-bond donors (Lipinski definition) is 2. The molecule has 2 N–H and O–H groups in total. The minimum absolute atomic E-state index is 0.0504. The molecular weight excluding hydrogens is 290 g/mol. The molecule has 2 amide bonds. The number of nitrogens with one attached hydrogen (secondary N) is 2. The van der Waals surface area contributed by atoms with Crippen LogP contribution in [-0.2, 0) is 6.54 Å². The summed E-state index contributed by atoms with van der Waals surface area (Å²) in [5, 5.41) is 16.2. The number of non-ortho nitro benzene ring substituents is 1. The SMILES string of the molecule is C[C@@]1(CNC(=O)NCc2ccc([N+](=O)[O-])cc2)CCCS1. The van der Waals surface area contributed by atoms with Crippen molar-refractivity contribution in [2.45, 2.75) is 31.1 Å². The Balaban J connectivity index is 1.74. The van der Waals surface area contributed by atoms with Gasteiger partial charge in [0.05, 0.1) is 4.92 Å². The number of carbonyl (C=O) groups excluding carboxylic acids is 1. The van der Waals surface area contributed by atoms with Crippen molar-refractivity contribution in [2.75, 3.05) is 12.3 Å². The highest BCUT2D eigenvalue weighted by Gasteiger charge is 2.29. The van der Waals surface area contributed by atoms with E-state index >= 15 is 0 Å². The highest BCUT2D eigenvalue weighted by atomic mass is 32.2. The van der Waals surface area contributed by atoms with Crippen LogP contribution < -0.4 is 10.6 Å². The molecule has 1 aliphatic rings. The third-order valence-corrected chi connectivity index (χ3v) is 5.06. The number of thioether (sulfide) groups is 1. The first-order chi connectivity index (χ1) is 9.98. The largest absolute Gasteiger partial charge is 0.337 e. The van der Waals surface area contributed by atoms with E-state index in [2.05, 4.69) is 17.6 Å². The van der Waals surface area contributed by atoms with Crippen LogP contribution in [0.4, 0.5) is 10.5 Å². The quantitative estimate of drug-likeness (QED) is 0.647. The molecule has 1 fully saturated rings. The zero-order valence-electron chi connectivity index (χ0n) is 11.9. The maximum atomic E-state index is 11.8. The second-order valence-electron chi connectivity index (χ2n) is 5.36. The summed E-state index contributed by atoms with van der Waals surface area (Å²) in [5.41, 5.74) is 0.881. The van der Waals surface area contributed by atoms with Crippen molar-refractivity contribution in [3.8, 4) is 0 Å². The van der Waals surface area contributed by atoms with Crippen LogP contribution >= 0.6 is 11.8 Å². The Bertz CT molecular complexity index is 513. The lowest BCUT2D eigenvalue weighted by molar-refractivity contribution is -0.384. The normalized spacial score (nSPS) is 21.0.